The van der Waals surface area contributed by atoms with Gasteiger partial charge in [0.1, 0.15) is 0 Å². The van der Waals surface area contributed by atoms with Gasteiger partial charge < -0.3 is 4.57 Å². The van der Waals surface area contributed by atoms with Crippen LogP contribution in [0, 0.1) is 20.8 Å². The second-order valence-electron chi connectivity index (χ2n) is 6.27. The summed E-state index contributed by atoms with van der Waals surface area (Å²) >= 11 is 12.3. The number of aromatic nitrogens is 1. The lowest BCUT2D eigenvalue weighted by Gasteiger charge is -2.11. The zero-order valence-corrected chi connectivity index (χ0v) is 16.8. The summed E-state index contributed by atoms with van der Waals surface area (Å²) in [4.78, 5) is 12.3. The van der Waals surface area contributed by atoms with Gasteiger partial charge in [-0.1, -0.05) is 41.4 Å². The maximum atomic E-state index is 12.3. The fourth-order valence-corrected chi connectivity index (χ4v) is 3.49. The van der Waals surface area contributed by atoms with Crippen molar-refractivity contribution in [3.63, 3.8) is 0 Å². The highest BCUT2D eigenvalue weighted by molar-refractivity contribution is 6.35. The summed E-state index contributed by atoms with van der Waals surface area (Å²) in [5, 5.41) is 5.27. The fraction of sp³-hybridized carbons (Fsp3) is 0.143. The van der Waals surface area contributed by atoms with E-state index in [1.54, 1.807) is 24.4 Å². The first-order chi connectivity index (χ1) is 12.9. The molecule has 1 N–H and O–H groups in total. The minimum Gasteiger partial charge on any atom is -0.316 e. The van der Waals surface area contributed by atoms with Crippen molar-refractivity contribution in [2.45, 2.75) is 20.8 Å². The van der Waals surface area contributed by atoms with E-state index in [0.29, 0.717) is 15.6 Å². The Morgan fingerprint density at radius 2 is 1.81 bits per heavy atom. The molecule has 1 amide bonds. The van der Waals surface area contributed by atoms with E-state index >= 15 is 0 Å². The van der Waals surface area contributed by atoms with Crippen molar-refractivity contribution in [3.8, 4) is 5.69 Å². The van der Waals surface area contributed by atoms with Gasteiger partial charge in [-0.05, 0) is 56.7 Å². The molecule has 0 atom stereocenters. The highest BCUT2D eigenvalue weighted by Crippen LogP contribution is 2.28. The molecule has 2 aromatic carbocycles. The van der Waals surface area contributed by atoms with Gasteiger partial charge in [0.15, 0.2) is 0 Å². The lowest BCUT2D eigenvalue weighted by molar-refractivity contribution is 0.0954. The topological polar surface area (TPSA) is 46.4 Å². The van der Waals surface area contributed by atoms with Gasteiger partial charge in [-0.3, -0.25) is 4.79 Å². The molecule has 0 aliphatic rings. The van der Waals surface area contributed by atoms with Gasteiger partial charge in [0.25, 0.3) is 5.91 Å². The summed E-state index contributed by atoms with van der Waals surface area (Å²) in [5.41, 5.74) is 7.79. The van der Waals surface area contributed by atoms with E-state index < -0.39 is 0 Å². The molecule has 0 saturated carbocycles. The van der Waals surface area contributed by atoms with Crippen LogP contribution in [-0.4, -0.2) is 16.7 Å². The number of nitrogens with one attached hydrogen (secondary N) is 1. The largest absolute Gasteiger partial charge is 0.316 e. The molecule has 3 aromatic rings. The lowest BCUT2D eigenvalue weighted by atomic mass is 10.1. The Labute approximate surface area is 168 Å². The highest BCUT2D eigenvalue weighted by Gasteiger charge is 2.13. The minimum absolute atomic E-state index is 0.237. The Morgan fingerprint density at radius 3 is 2.52 bits per heavy atom. The number of carbonyl (C=O) groups excluding carboxylic acids is 1. The first kappa shape index (κ1) is 19.2. The van der Waals surface area contributed by atoms with Crippen LogP contribution in [0.25, 0.3) is 5.69 Å². The van der Waals surface area contributed by atoms with Crippen LogP contribution in [0.3, 0.4) is 0 Å². The van der Waals surface area contributed by atoms with Crippen LogP contribution in [0.2, 0.25) is 10.0 Å². The van der Waals surface area contributed by atoms with E-state index in [2.05, 4.69) is 10.5 Å². The van der Waals surface area contributed by atoms with E-state index in [1.807, 2.05) is 55.7 Å². The Morgan fingerprint density at radius 1 is 1.07 bits per heavy atom. The predicted molar refractivity (Wildman–Crippen MR) is 112 cm³/mol. The van der Waals surface area contributed by atoms with Crippen LogP contribution in [0.5, 0.6) is 0 Å². The van der Waals surface area contributed by atoms with Crippen molar-refractivity contribution in [1.29, 1.82) is 0 Å². The number of amides is 1. The van der Waals surface area contributed by atoms with Crippen molar-refractivity contribution < 1.29 is 4.79 Å². The summed E-state index contributed by atoms with van der Waals surface area (Å²) in [6.45, 7) is 5.85. The lowest BCUT2D eigenvalue weighted by Crippen LogP contribution is -2.18. The summed E-state index contributed by atoms with van der Waals surface area (Å²) in [5.74, 6) is -0.237. The average Bonchev–Trinajstić information content (AvgIpc) is 2.89. The molecule has 0 unspecified atom stereocenters. The third-order valence-corrected chi connectivity index (χ3v) is 4.92. The monoisotopic (exact) mass is 399 g/mol. The fourth-order valence-electron chi connectivity index (χ4n) is 3.00. The summed E-state index contributed by atoms with van der Waals surface area (Å²) in [6.07, 6.45) is 1.64. The second kappa shape index (κ2) is 7.99. The second-order valence-corrected chi connectivity index (χ2v) is 7.12. The minimum atomic E-state index is -0.237. The molecule has 27 heavy (non-hydrogen) atoms. The molecule has 0 bridgehead atoms. The van der Waals surface area contributed by atoms with Crippen molar-refractivity contribution >= 4 is 35.3 Å². The number of aryl methyl sites for hydroxylation is 2. The van der Waals surface area contributed by atoms with Gasteiger partial charge >= 0.3 is 0 Å². The van der Waals surface area contributed by atoms with Gasteiger partial charge in [-0.25, -0.2) is 5.43 Å². The third-order valence-electron chi connectivity index (χ3n) is 4.38. The number of benzene rings is 2. The van der Waals surface area contributed by atoms with Gasteiger partial charge in [0.2, 0.25) is 0 Å². The van der Waals surface area contributed by atoms with Crippen molar-refractivity contribution in [2.75, 3.05) is 0 Å². The first-order valence-corrected chi connectivity index (χ1v) is 9.17. The molecule has 6 heteroatoms. The first-order valence-electron chi connectivity index (χ1n) is 8.42. The highest BCUT2D eigenvalue weighted by atomic mass is 35.5. The van der Waals surface area contributed by atoms with Crippen LogP contribution in [0.1, 0.15) is 32.9 Å². The van der Waals surface area contributed by atoms with Crippen molar-refractivity contribution in [1.82, 2.24) is 9.99 Å². The number of nitrogens with zero attached hydrogens (tertiary/aromatic N) is 2. The quantitative estimate of drug-likeness (QED) is 0.458. The molecule has 1 aromatic heterocycles. The van der Waals surface area contributed by atoms with E-state index in [0.717, 1.165) is 28.2 Å². The maximum absolute atomic E-state index is 12.3. The number of rotatable bonds is 4. The van der Waals surface area contributed by atoms with E-state index in [4.69, 9.17) is 23.2 Å². The van der Waals surface area contributed by atoms with Gasteiger partial charge in [0, 0.05) is 27.5 Å². The zero-order chi connectivity index (χ0) is 19.6. The van der Waals surface area contributed by atoms with Crippen LogP contribution in [-0.2, 0) is 0 Å². The molecule has 138 valence electrons. The molecule has 0 radical (unpaired) electrons. The van der Waals surface area contributed by atoms with Gasteiger partial charge in [-0.15, -0.1) is 0 Å². The standard InChI is InChI=1S/C21H19Cl2N3O/c1-13-6-4-5-7-18(13)21(27)25-24-12-16-10-14(2)26(15(16)3)20-9-8-17(22)11-19(20)23/h4-12H,1-3H3,(H,25,27)/b24-12-. The SMILES string of the molecule is Cc1ccccc1C(=O)N/N=C\c1cc(C)n(-c2ccc(Cl)cc2Cl)c1C. The summed E-state index contributed by atoms with van der Waals surface area (Å²) in [7, 11) is 0. The van der Waals surface area contributed by atoms with Crippen LogP contribution >= 0.6 is 23.2 Å². The van der Waals surface area contributed by atoms with E-state index in [9.17, 15) is 4.79 Å². The molecular weight excluding hydrogens is 381 g/mol. The molecular formula is C21H19Cl2N3O. The predicted octanol–water partition coefficient (Wildman–Crippen LogP) is 5.47. The molecule has 3 rings (SSSR count). The number of halogens is 2. The molecule has 0 aliphatic heterocycles. The van der Waals surface area contributed by atoms with Gasteiger partial charge in [-0.2, -0.15) is 5.10 Å². The number of carbonyl (C=O) groups is 1. The Bertz CT molecular complexity index is 1040. The van der Waals surface area contributed by atoms with Crippen LogP contribution in [0.15, 0.2) is 53.6 Å². The average molecular weight is 400 g/mol. The van der Waals surface area contributed by atoms with Crippen molar-refractivity contribution in [2.24, 2.45) is 5.10 Å². The molecule has 0 saturated heterocycles. The summed E-state index contributed by atoms with van der Waals surface area (Å²) in [6, 6.07) is 14.8. The van der Waals surface area contributed by atoms with Crippen LogP contribution < -0.4 is 5.43 Å². The molecule has 1 heterocycles. The Kier molecular flexibility index (Phi) is 5.68. The van der Waals surface area contributed by atoms with E-state index in [-0.39, 0.29) is 5.91 Å². The normalized spacial score (nSPS) is 11.1. The third kappa shape index (κ3) is 4.07. The number of hydrazone groups is 1. The zero-order valence-electron chi connectivity index (χ0n) is 15.3. The molecule has 4 nitrogen and oxygen atoms in total. The van der Waals surface area contributed by atoms with Gasteiger partial charge in [0.05, 0.1) is 16.9 Å². The number of hydrogen-bond donors (Lipinski definition) is 1. The summed E-state index contributed by atoms with van der Waals surface area (Å²) < 4.78 is 2.03. The van der Waals surface area contributed by atoms with Crippen LogP contribution in [0.4, 0.5) is 0 Å². The molecule has 0 aliphatic carbocycles. The number of hydrogen-bond acceptors (Lipinski definition) is 2. The van der Waals surface area contributed by atoms with E-state index in [1.165, 1.54) is 0 Å². The smallest absolute Gasteiger partial charge is 0.271 e. The van der Waals surface area contributed by atoms with Crippen molar-refractivity contribution in [3.05, 3.63) is 86.7 Å². The molecule has 0 spiro atoms. The molecule has 0 fully saturated rings. The maximum Gasteiger partial charge on any atom is 0.271 e. The Hall–Kier alpha value is -2.56. The Balaban J connectivity index is 1.83.